The van der Waals surface area contributed by atoms with Gasteiger partial charge in [-0.1, -0.05) is 17.2 Å². The number of hydrogen-bond donors (Lipinski definition) is 1. The zero-order valence-corrected chi connectivity index (χ0v) is 14.3. The highest BCUT2D eigenvalue weighted by Crippen LogP contribution is 2.29. The van der Waals surface area contributed by atoms with Crippen molar-refractivity contribution in [1.29, 1.82) is 0 Å². The third-order valence-corrected chi connectivity index (χ3v) is 4.24. The summed E-state index contributed by atoms with van der Waals surface area (Å²) in [5, 5.41) is 11.4. The number of ether oxygens (including phenoxy) is 1. The Morgan fingerprint density at radius 1 is 1.29 bits per heavy atom. The normalized spacial score (nSPS) is 10.6. The van der Waals surface area contributed by atoms with Crippen molar-refractivity contribution in [1.82, 2.24) is 15.2 Å². The molecule has 3 aromatic rings. The number of carbonyl (C=O) groups is 1. The van der Waals surface area contributed by atoms with Crippen LogP contribution in [0.25, 0.3) is 10.8 Å². The predicted octanol–water partition coefficient (Wildman–Crippen LogP) is 3.46. The number of para-hydroxylation sites is 1. The molecule has 0 saturated carbocycles. The van der Waals surface area contributed by atoms with Gasteiger partial charge in [0, 0.05) is 0 Å². The van der Waals surface area contributed by atoms with Crippen LogP contribution >= 0.6 is 11.3 Å². The third-order valence-electron chi connectivity index (χ3n) is 3.17. The molecule has 8 heteroatoms. The van der Waals surface area contributed by atoms with Crippen molar-refractivity contribution in [2.75, 3.05) is 11.9 Å². The lowest BCUT2D eigenvalue weighted by molar-refractivity contribution is 0.102. The maximum Gasteiger partial charge on any atom is 0.322 e. The summed E-state index contributed by atoms with van der Waals surface area (Å²) in [5.41, 5.74) is 1.23. The van der Waals surface area contributed by atoms with Crippen molar-refractivity contribution in [3.8, 4) is 16.5 Å². The Labute approximate surface area is 142 Å². The van der Waals surface area contributed by atoms with E-state index in [0.717, 1.165) is 15.6 Å². The van der Waals surface area contributed by atoms with Gasteiger partial charge in [0.25, 0.3) is 11.8 Å². The van der Waals surface area contributed by atoms with Gasteiger partial charge in [-0.3, -0.25) is 10.1 Å². The summed E-state index contributed by atoms with van der Waals surface area (Å²) >= 11 is 1.47. The first kappa shape index (κ1) is 16.1. The topological polar surface area (TPSA) is 90.1 Å². The molecule has 0 spiro atoms. The van der Waals surface area contributed by atoms with E-state index in [1.807, 2.05) is 26.8 Å². The highest BCUT2D eigenvalue weighted by molar-refractivity contribution is 7.15. The monoisotopic (exact) mass is 344 g/mol. The maximum atomic E-state index is 12.4. The molecule has 3 rings (SSSR count). The van der Waals surface area contributed by atoms with Crippen LogP contribution < -0.4 is 10.1 Å². The van der Waals surface area contributed by atoms with E-state index in [0.29, 0.717) is 23.8 Å². The zero-order valence-electron chi connectivity index (χ0n) is 13.5. The molecule has 0 atom stereocenters. The molecule has 0 bridgehead atoms. The molecule has 0 radical (unpaired) electrons. The van der Waals surface area contributed by atoms with Crippen molar-refractivity contribution in [2.45, 2.75) is 20.8 Å². The van der Waals surface area contributed by atoms with Crippen LogP contribution in [0.4, 0.5) is 6.01 Å². The van der Waals surface area contributed by atoms with E-state index in [2.05, 4.69) is 20.5 Å². The number of anilines is 1. The van der Waals surface area contributed by atoms with Gasteiger partial charge in [0.2, 0.25) is 0 Å². The van der Waals surface area contributed by atoms with Gasteiger partial charge in [-0.25, -0.2) is 4.98 Å². The minimum atomic E-state index is -0.369. The van der Waals surface area contributed by atoms with Crippen LogP contribution in [-0.4, -0.2) is 27.7 Å². The number of thiazole rings is 1. The standard InChI is InChI=1S/C16H16N4O3S/c1-4-22-12-8-6-5-7-11(12)14(21)18-16-20-19-15(23-16)13-9(2)17-10(3)24-13/h5-8H,4H2,1-3H3,(H,18,20,21). The first-order valence-electron chi connectivity index (χ1n) is 7.39. The van der Waals surface area contributed by atoms with Gasteiger partial charge in [0.05, 0.1) is 22.9 Å². The van der Waals surface area contributed by atoms with Crippen molar-refractivity contribution >= 4 is 23.3 Å². The maximum absolute atomic E-state index is 12.4. The Morgan fingerprint density at radius 3 is 2.79 bits per heavy atom. The SMILES string of the molecule is CCOc1ccccc1C(=O)Nc1nnc(-c2sc(C)nc2C)o1. The Hall–Kier alpha value is -2.74. The van der Waals surface area contributed by atoms with Crippen LogP contribution in [-0.2, 0) is 0 Å². The minimum Gasteiger partial charge on any atom is -0.493 e. The van der Waals surface area contributed by atoms with E-state index in [-0.39, 0.29) is 11.9 Å². The summed E-state index contributed by atoms with van der Waals surface area (Å²) < 4.78 is 11.0. The number of hydrogen-bond acceptors (Lipinski definition) is 7. The number of amides is 1. The summed E-state index contributed by atoms with van der Waals surface area (Å²) in [6, 6.07) is 7.02. The number of benzene rings is 1. The highest BCUT2D eigenvalue weighted by atomic mass is 32.1. The molecule has 1 amide bonds. The molecule has 0 fully saturated rings. The first-order chi connectivity index (χ1) is 11.6. The van der Waals surface area contributed by atoms with Crippen LogP contribution in [0.2, 0.25) is 0 Å². The molecule has 2 aromatic heterocycles. The molecule has 24 heavy (non-hydrogen) atoms. The molecule has 2 heterocycles. The lowest BCUT2D eigenvalue weighted by atomic mass is 10.2. The highest BCUT2D eigenvalue weighted by Gasteiger charge is 2.18. The number of nitrogens with one attached hydrogen (secondary N) is 1. The van der Waals surface area contributed by atoms with Crippen LogP contribution in [0.1, 0.15) is 28.0 Å². The number of carbonyl (C=O) groups excluding carboxylic acids is 1. The van der Waals surface area contributed by atoms with Crippen molar-refractivity contribution in [3.05, 3.63) is 40.5 Å². The van der Waals surface area contributed by atoms with Crippen LogP contribution in [0.3, 0.4) is 0 Å². The molecule has 0 aliphatic heterocycles. The van der Waals surface area contributed by atoms with Crippen molar-refractivity contribution in [3.63, 3.8) is 0 Å². The fraction of sp³-hybridized carbons (Fsp3) is 0.250. The van der Waals surface area contributed by atoms with Crippen molar-refractivity contribution in [2.24, 2.45) is 0 Å². The molecule has 1 N–H and O–H groups in total. The average Bonchev–Trinajstić information content (AvgIpc) is 3.14. The number of aromatic nitrogens is 3. The summed E-state index contributed by atoms with van der Waals surface area (Å²) in [6.45, 7) is 6.11. The summed E-state index contributed by atoms with van der Waals surface area (Å²) in [5.74, 6) is 0.476. The zero-order chi connectivity index (χ0) is 17.1. The van der Waals surface area contributed by atoms with Gasteiger partial charge in [-0.15, -0.1) is 16.4 Å². The Morgan fingerprint density at radius 2 is 2.08 bits per heavy atom. The van der Waals surface area contributed by atoms with E-state index in [9.17, 15) is 4.79 Å². The second-order valence-electron chi connectivity index (χ2n) is 4.94. The van der Waals surface area contributed by atoms with E-state index < -0.39 is 0 Å². The predicted molar refractivity (Wildman–Crippen MR) is 90.4 cm³/mol. The molecule has 0 aliphatic carbocycles. The fourth-order valence-corrected chi connectivity index (χ4v) is 3.04. The summed E-state index contributed by atoms with van der Waals surface area (Å²) in [7, 11) is 0. The molecule has 0 unspecified atom stereocenters. The van der Waals surface area contributed by atoms with Crippen LogP contribution in [0, 0.1) is 13.8 Å². The van der Waals surface area contributed by atoms with Crippen LogP contribution in [0.15, 0.2) is 28.7 Å². The van der Waals surface area contributed by atoms with E-state index >= 15 is 0 Å². The van der Waals surface area contributed by atoms with Crippen molar-refractivity contribution < 1.29 is 13.9 Å². The second-order valence-corrected chi connectivity index (χ2v) is 6.15. The quantitative estimate of drug-likeness (QED) is 0.762. The molecule has 0 saturated heterocycles. The lowest BCUT2D eigenvalue weighted by Crippen LogP contribution is -2.13. The van der Waals surface area contributed by atoms with E-state index in [1.54, 1.807) is 18.2 Å². The molecule has 0 aliphatic rings. The van der Waals surface area contributed by atoms with Gasteiger partial charge < -0.3 is 9.15 Å². The smallest absolute Gasteiger partial charge is 0.322 e. The van der Waals surface area contributed by atoms with E-state index in [4.69, 9.17) is 9.15 Å². The van der Waals surface area contributed by atoms with Gasteiger partial charge in [-0.2, -0.15) is 0 Å². The molecule has 124 valence electrons. The molecule has 1 aromatic carbocycles. The lowest BCUT2D eigenvalue weighted by Gasteiger charge is -2.08. The number of aryl methyl sites for hydroxylation is 2. The van der Waals surface area contributed by atoms with Crippen LogP contribution in [0.5, 0.6) is 5.75 Å². The van der Waals surface area contributed by atoms with Gasteiger partial charge in [0.15, 0.2) is 0 Å². The number of nitrogens with zero attached hydrogens (tertiary/aromatic N) is 3. The Kier molecular flexibility index (Phi) is 4.57. The van der Waals surface area contributed by atoms with Gasteiger partial charge in [-0.05, 0) is 32.9 Å². The second kappa shape index (κ2) is 6.79. The Balaban J connectivity index is 1.80. The van der Waals surface area contributed by atoms with E-state index in [1.165, 1.54) is 11.3 Å². The molecular weight excluding hydrogens is 328 g/mol. The molecular formula is C16H16N4O3S. The Bertz CT molecular complexity index is 872. The fourth-order valence-electron chi connectivity index (χ4n) is 2.20. The minimum absolute atomic E-state index is 0.0340. The average molecular weight is 344 g/mol. The summed E-state index contributed by atoms with van der Waals surface area (Å²) in [6.07, 6.45) is 0. The van der Waals surface area contributed by atoms with Gasteiger partial charge in [0.1, 0.15) is 10.6 Å². The van der Waals surface area contributed by atoms with Gasteiger partial charge >= 0.3 is 6.01 Å². The third kappa shape index (κ3) is 3.28. The number of rotatable bonds is 5. The summed E-state index contributed by atoms with van der Waals surface area (Å²) in [4.78, 5) is 17.5. The first-order valence-corrected chi connectivity index (χ1v) is 8.21. The largest absolute Gasteiger partial charge is 0.493 e. The molecule has 7 nitrogen and oxygen atoms in total.